The van der Waals surface area contributed by atoms with Crippen LogP contribution >= 0.6 is 0 Å². The fourth-order valence-corrected chi connectivity index (χ4v) is 3.09. The summed E-state index contributed by atoms with van der Waals surface area (Å²) in [5, 5.41) is 0.599. The van der Waals surface area contributed by atoms with Crippen LogP contribution in [0.5, 0.6) is 0 Å². The summed E-state index contributed by atoms with van der Waals surface area (Å²) >= 11 is 0. The Labute approximate surface area is 154 Å². The Morgan fingerprint density at radius 2 is 1.70 bits per heavy atom. The molecule has 0 N–H and O–H groups in total. The first-order valence-electron chi connectivity index (χ1n) is 8.60. The Hall–Kier alpha value is -3.34. The standard InChI is InChI=1S/C22H16F2N2O/c23-17-9-10-18(20(24)13-17)16-7-5-15(6-8-16)11-12-26-14-25-21-4-2-1-3-19(21)22(26)27/h1-10,13-14H,11-12H2. The fraction of sp³-hybridized carbons (Fsp3) is 0.0909. The lowest BCUT2D eigenvalue weighted by molar-refractivity contribution is 0.585. The summed E-state index contributed by atoms with van der Waals surface area (Å²) in [6.07, 6.45) is 2.21. The van der Waals surface area contributed by atoms with E-state index in [0.717, 1.165) is 11.6 Å². The SMILES string of the molecule is O=c1c2ccccc2ncn1CCc1ccc(-c2ccc(F)cc2F)cc1. The van der Waals surface area contributed by atoms with Crippen molar-refractivity contribution >= 4 is 10.9 Å². The first kappa shape index (κ1) is 17.1. The number of aryl methyl sites for hydroxylation is 2. The molecule has 0 unspecified atom stereocenters. The predicted octanol–water partition coefficient (Wildman–Crippen LogP) is 4.58. The molecule has 1 heterocycles. The maximum absolute atomic E-state index is 13.9. The van der Waals surface area contributed by atoms with Gasteiger partial charge >= 0.3 is 0 Å². The Morgan fingerprint density at radius 3 is 2.48 bits per heavy atom. The Morgan fingerprint density at radius 1 is 0.926 bits per heavy atom. The van der Waals surface area contributed by atoms with Gasteiger partial charge in [0.15, 0.2) is 0 Å². The summed E-state index contributed by atoms with van der Waals surface area (Å²) in [5.41, 5.74) is 2.68. The van der Waals surface area contributed by atoms with Crippen LogP contribution < -0.4 is 5.56 Å². The Bertz CT molecular complexity index is 1170. The normalized spacial score (nSPS) is 11.0. The summed E-state index contributed by atoms with van der Waals surface area (Å²) in [7, 11) is 0. The molecule has 1 aromatic heterocycles. The van der Waals surface area contributed by atoms with Crippen molar-refractivity contribution in [3.63, 3.8) is 0 Å². The minimum Gasteiger partial charge on any atom is -0.298 e. The van der Waals surface area contributed by atoms with Crippen molar-refractivity contribution in [3.05, 3.63) is 101 Å². The molecule has 3 nitrogen and oxygen atoms in total. The summed E-state index contributed by atoms with van der Waals surface area (Å²) < 4.78 is 28.5. The maximum Gasteiger partial charge on any atom is 0.261 e. The number of aromatic nitrogens is 2. The summed E-state index contributed by atoms with van der Waals surface area (Å²) in [6.45, 7) is 0.501. The van der Waals surface area contributed by atoms with Gasteiger partial charge in [0.2, 0.25) is 0 Å². The van der Waals surface area contributed by atoms with Gasteiger partial charge in [-0.3, -0.25) is 9.36 Å². The molecule has 0 bridgehead atoms. The first-order valence-corrected chi connectivity index (χ1v) is 8.60. The van der Waals surface area contributed by atoms with Crippen molar-refractivity contribution < 1.29 is 8.78 Å². The second kappa shape index (κ2) is 7.11. The van der Waals surface area contributed by atoms with Gasteiger partial charge in [-0.2, -0.15) is 0 Å². The van der Waals surface area contributed by atoms with Crippen molar-refractivity contribution in [1.82, 2.24) is 9.55 Å². The average molecular weight is 362 g/mol. The van der Waals surface area contributed by atoms with E-state index >= 15 is 0 Å². The quantitative estimate of drug-likeness (QED) is 0.532. The lowest BCUT2D eigenvalue weighted by Gasteiger charge is -2.08. The number of nitrogens with zero attached hydrogens (tertiary/aromatic N) is 2. The molecule has 134 valence electrons. The summed E-state index contributed by atoms with van der Waals surface area (Å²) in [6, 6.07) is 18.2. The molecule has 0 aliphatic rings. The van der Waals surface area contributed by atoms with Crippen molar-refractivity contribution in [3.8, 4) is 11.1 Å². The van der Waals surface area contributed by atoms with Gasteiger partial charge in [0, 0.05) is 18.2 Å². The smallest absolute Gasteiger partial charge is 0.261 e. The van der Waals surface area contributed by atoms with Gasteiger partial charge < -0.3 is 0 Å². The van der Waals surface area contributed by atoms with Crippen LogP contribution in [0.15, 0.2) is 77.9 Å². The molecule has 4 aromatic rings. The zero-order valence-electron chi connectivity index (χ0n) is 14.4. The van der Waals surface area contributed by atoms with Crippen LogP contribution in [0.3, 0.4) is 0 Å². The minimum absolute atomic E-state index is 0.0643. The maximum atomic E-state index is 13.9. The summed E-state index contributed by atoms with van der Waals surface area (Å²) in [5.74, 6) is -1.18. The largest absolute Gasteiger partial charge is 0.298 e. The van der Waals surface area contributed by atoms with Crippen LogP contribution in [0, 0.1) is 11.6 Å². The van der Waals surface area contributed by atoms with E-state index in [2.05, 4.69) is 4.98 Å². The number of rotatable bonds is 4. The van der Waals surface area contributed by atoms with E-state index in [9.17, 15) is 13.6 Å². The van der Waals surface area contributed by atoms with E-state index < -0.39 is 11.6 Å². The van der Waals surface area contributed by atoms with Gasteiger partial charge in [0.05, 0.1) is 17.2 Å². The molecule has 0 fully saturated rings. The van der Waals surface area contributed by atoms with Crippen molar-refractivity contribution in [1.29, 1.82) is 0 Å². The molecule has 3 aromatic carbocycles. The fourth-order valence-electron chi connectivity index (χ4n) is 3.09. The molecule has 0 atom stereocenters. The minimum atomic E-state index is -0.595. The van der Waals surface area contributed by atoms with E-state index in [1.807, 2.05) is 30.3 Å². The van der Waals surface area contributed by atoms with Crippen molar-refractivity contribution in [2.45, 2.75) is 13.0 Å². The molecule has 0 saturated carbocycles. The molecule has 0 spiro atoms. The zero-order valence-corrected chi connectivity index (χ0v) is 14.4. The van der Waals surface area contributed by atoms with Gasteiger partial charge in [-0.25, -0.2) is 13.8 Å². The van der Waals surface area contributed by atoms with Crippen LogP contribution in [-0.4, -0.2) is 9.55 Å². The lowest BCUT2D eigenvalue weighted by Crippen LogP contribution is -2.21. The third-order valence-corrected chi connectivity index (χ3v) is 4.57. The van der Waals surface area contributed by atoms with Gasteiger partial charge in [-0.1, -0.05) is 36.4 Å². The highest BCUT2D eigenvalue weighted by Gasteiger charge is 2.07. The Kier molecular flexibility index (Phi) is 4.50. The molecule has 27 heavy (non-hydrogen) atoms. The second-order valence-corrected chi connectivity index (χ2v) is 6.33. The number of halogens is 2. The van der Waals surface area contributed by atoms with Gasteiger partial charge in [0.25, 0.3) is 5.56 Å². The van der Waals surface area contributed by atoms with Crippen LogP contribution in [0.25, 0.3) is 22.0 Å². The summed E-state index contributed by atoms with van der Waals surface area (Å²) in [4.78, 5) is 16.8. The monoisotopic (exact) mass is 362 g/mol. The number of para-hydroxylation sites is 1. The van der Waals surface area contributed by atoms with Crippen LogP contribution in [-0.2, 0) is 13.0 Å². The highest BCUT2D eigenvalue weighted by atomic mass is 19.1. The van der Waals surface area contributed by atoms with Crippen molar-refractivity contribution in [2.24, 2.45) is 0 Å². The topological polar surface area (TPSA) is 34.9 Å². The van der Waals surface area contributed by atoms with Gasteiger partial charge in [0.1, 0.15) is 11.6 Å². The number of benzene rings is 3. The average Bonchev–Trinajstić information content (AvgIpc) is 2.68. The molecular weight excluding hydrogens is 346 g/mol. The molecule has 0 saturated heterocycles. The molecule has 0 aliphatic carbocycles. The molecule has 0 amide bonds. The molecular formula is C22H16F2N2O. The third-order valence-electron chi connectivity index (χ3n) is 4.57. The third kappa shape index (κ3) is 3.49. The van der Waals surface area contributed by atoms with Crippen LogP contribution in [0.1, 0.15) is 5.56 Å². The van der Waals surface area contributed by atoms with Crippen molar-refractivity contribution in [2.75, 3.05) is 0 Å². The highest BCUT2D eigenvalue weighted by molar-refractivity contribution is 5.76. The number of hydrogen-bond acceptors (Lipinski definition) is 2. The Balaban J connectivity index is 1.52. The highest BCUT2D eigenvalue weighted by Crippen LogP contribution is 2.24. The second-order valence-electron chi connectivity index (χ2n) is 6.33. The number of fused-ring (bicyclic) bond motifs is 1. The first-order chi connectivity index (χ1) is 13.1. The van der Waals surface area contributed by atoms with Crippen LogP contribution in [0.4, 0.5) is 8.78 Å². The molecule has 4 rings (SSSR count). The van der Waals surface area contributed by atoms with E-state index in [-0.39, 0.29) is 5.56 Å². The van der Waals surface area contributed by atoms with Crippen LogP contribution in [0.2, 0.25) is 0 Å². The number of hydrogen-bond donors (Lipinski definition) is 0. The van der Waals surface area contributed by atoms with E-state index in [4.69, 9.17) is 0 Å². The lowest BCUT2D eigenvalue weighted by atomic mass is 10.0. The predicted molar refractivity (Wildman–Crippen MR) is 102 cm³/mol. The van der Waals surface area contributed by atoms with E-state index in [1.54, 1.807) is 29.1 Å². The zero-order chi connectivity index (χ0) is 18.8. The molecule has 0 aliphatic heterocycles. The molecule has 5 heteroatoms. The molecule has 0 radical (unpaired) electrons. The van der Waals surface area contributed by atoms with Gasteiger partial charge in [-0.05, 0) is 41.8 Å². The van der Waals surface area contributed by atoms with E-state index in [1.165, 1.54) is 12.1 Å². The van der Waals surface area contributed by atoms with Gasteiger partial charge in [-0.15, -0.1) is 0 Å². The van der Waals surface area contributed by atoms with E-state index in [0.29, 0.717) is 35.0 Å².